The molecule has 1 aromatic carbocycles. The summed E-state index contributed by atoms with van der Waals surface area (Å²) < 4.78 is 0. The molecule has 0 aliphatic carbocycles. The summed E-state index contributed by atoms with van der Waals surface area (Å²) in [7, 11) is 0. The van der Waals surface area contributed by atoms with Crippen molar-refractivity contribution in [3.63, 3.8) is 0 Å². The quantitative estimate of drug-likeness (QED) is 0.791. The number of nitrogens with one attached hydrogen (secondary N) is 1. The van der Waals surface area contributed by atoms with Crippen molar-refractivity contribution in [3.05, 3.63) is 29.8 Å². The number of benzene rings is 1. The molecule has 1 rings (SSSR count). The fourth-order valence-corrected chi connectivity index (χ4v) is 1.76. The van der Waals surface area contributed by atoms with E-state index in [4.69, 9.17) is 5.73 Å². The second-order valence-corrected chi connectivity index (χ2v) is 5.96. The molecule has 0 unspecified atom stereocenters. The standard InChI is InChI=1S/C15H26N2/c1-12(2)11-13-5-7-14(8-6-13)17-10-9-15(3,4)16/h5-8,12,17H,9-11,16H2,1-4H3. The summed E-state index contributed by atoms with van der Waals surface area (Å²) in [6, 6.07) is 8.72. The third kappa shape index (κ3) is 6.32. The minimum absolute atomic E-state index is 0.0927. The lowest BCUT2D eigenvalue weighted by Gasteiger charge is -2.18. The molecule has 1 aromatic rings. The van der Waals surface area contributed by atoms with Crippen molar-refractivity contribution >= 4 is 5.69 Å². The van der Waals surface area contributed by atoms with E-state index in [0.29, 0.717) is 5.92 Å². The van der Waals surface area contributed by atoms with Gasteiger partial charge in [-0.2, -0.15) is 0 Å². The number of anilines is 1. The molecule has 0 aromatic heterocycles. The average Bonchev–Trinajstić information content (AvgIpc) is 2.18. The molecule has 0 atom stereocenters. The van der Waals surface area contributed by atoms with Crippen molar-refractivity contribution in [2.45, 2.75) is 46.1 Å². The maximum absolute atomic E-state index is 5.94. The van der Waals surface area contributed by atoms with Gasteiger partial charge < -0.3 is 11.1 Å². The van der Waals surface area contributed by atoms with Gasteiger partial charge in [0.25, 0.3) is 0 Å². The van der Waals surface area contributed by atoms with Gasteiger partial charge in [0, 0.05) is 17.8 Å². The lowest BCUT2D eigenvalue weighted by Crippen LogP contribution is -2.34. The molecule has 17 heavy (non-hydrogen) atoms. The van der Waals surface area contributed by atoms with Crippen LogP contribution in [0.3, 0.4) is 0 Å². The second-order valence-electron chi connectivity index (χ2n) is 5.96. The SMILES string of the molecule is CC(C)Cc1ccc(NCCC(C)(C)N)cc1. The summed E-state index contributed by atoms with van der Waals surface area (Å²) in [5.74, 6) is 0.715. The zero-order chi connectivity index (χ0) is 12.9. The van der Waals surface area contributed by atoms with Crippen LogP contribution in [0.5, 0.6) is 0 Å². The van der Waals surface area contributed by atoms with E-state index in [0.717, 1.165) is 19.4 Å². The van der Waals surface area contributed by atoms with E-state index < -0.39 is 0 Å². The molecule has 2 heteroatoms. The first-order chi connectivity index (χ1) is 7.87. The van der Waals surface area contributed by atoms with Crippen LogP contribution in [0.15, 0.2) is 24.3 Å². The maximum Gasteiger partial charge on any atom is 0.0340 e. The van der Waals surface area contributed by atoms with Gasteiger partial charge in [-0.1, -0.05) is 26.0 Å². The van der Waals surface area contributed by atoms with Crippen molar-refractivity contribution < 1.29 is 0 Å². The van der Waals surface area contributed by atoms with Gasteiger partial charge in [-0.3, -0.25) is 0 Å². The molecular weight excluding hydrogens is 208 g/mol. The third-order valence-electron chi connectivity index (χ3n) is 2.70. The van der Waals surface area contributed by atoms with Crippen LogP contribution in [-0.4, -0.2) is 12.1 Å². The van der Waals surface area contributed by atoms with Crippen LogP contribution >= 0.6 is 0 Å². The molecular formula is C15H26N2. The van der Waals surface area contributed by atoms with E-state index in [1.54, 1.807) is 0 Å². The Balaban J connectivity index is 2.40. The second kappa shape index (κ2) is 6.06. The predicted molar refractivity (Wildman–Crippen MR) is 76.4 cm³/mol. The summed E-state index contributed by atoms with van der Waals surface area (Å²) in [6.07, 6.45) is 2.12. The number of hydrogen-bond donors (Lipinski definition) is 2. The zero-order valence-electron chi connectivity index (χ0n) is 11.6. The van der Waals surface area contributed by atoms with Gasteiger partial charge in [-0.25, -0.2) is 0 Å². The Morgan fingerprint density at radius 1 is 1.18 bits per heavy atom. The lowest BCUT2D eigenvalue weighted by molar-refractivity contribution is 0.491. The van der Waals surface area contributed by atoms with Crippen molar-refractivity contribution in [2.24, 2.45) is 11.7 Å². The maximum atomic E-state index is 5.94. The van der Waals surface area contributed by atoms with Gasteiger partial charge in [0.05, 0.1) is 0 Å². The monoisotopic (exact) mass is 234 g/mol. The Bertz CT molecular complexity index is 320. The first kappa shape index (κ1) is 14.0. The van der Waals surface area contributed by atoms with Gasteiger partial charge in [0.2, 0.25) is 0 Å². The summed E-state index contributed by atoms with van der Waals surface area (Å²) in [6.45, 7) is 9.53. The molecule has 0 saturated heterocycles. The van der Waals surface area contributed by atoms with Gasteiger partial charge in [0.15, 0.2) is 0 Å². The van der Waals surface area contributed by atoms with Gasteiger partial charge >= 0.3 is 0 Å². The molecule has 0 heterocycles. The minimum atomic E-state index is -0.0927. The van der Waals surface area contributed by atoms with Crippen molar-refractivity contribution in [2.75, 3.05) is 11.9 Å². The first-order valence-electron chi connectivity index (χ1n) is 6.48. The largest absolute Gasteiger partial charge is 0.385 e. The molecule has 2 nitrogen and oxygen atoms in total. The molecule has 0 saturated carbocycles. The Kier molecular flexibility index (Phi) is 5.01. The fourth-order valence-electron chi connectivity index (χ4n) is 1.76. The highest BCUT2D eigenvalue weighted by molar-refractivity contribution is 5.44. The van der Waals surface area contributed by atoms with E-state index in [1.807, 2.05) is 0 Å². The average molecular weight is 234 g/mol. The first-order valence-corrected chi connectivity index (χ1v) is 6.48. The molecule has 0 aliphatic rings. The highest BCUT2D eigenvalue weighted by Gasteiger charge is 2.09. The summed E-state index contributed by atoms with van der Waals surface area (Å²) in [5, 5.41) is 3.40. The number of nitrogens with two attached hydrogens (primary N) is 1. The van der Waals surface area contributed by atoms with Crippen LogP contribution < -0.4 is 11.1 Å². The van der Waals surface area contributed by atoms with Crippen LogP contribution in [0.2, 0.25) is 0 Å². The van der Waals surface area contributed by atoms with Crippen molar-refractivity contribution in [3.8, 4) is 0 Å². The van der Waals surface area contributed by atoms with Crippen molar-refractivity contribution in [1.29, 1.82) is 0 Å². The van der Waals surface area contributed by atoms with Crippen LogP contribution in [-0.2, 0) is 6.42 Å². The summed E-state index contributed by atoms with van der Waals surface area (Å²) in [4.78, 5) is 0. The molecule has 0 spiro atoms. The number of rotatable bonds is 6. The van der Waals surface area contributed by atoms with E-state index in [1.165, 1.54) is 11.3 Å². The van der Waals surface area contributed by atoms with Crippen LogP contribution in [0, 0.1) is 5.92 Å². The normalized spacial score (nSPS) is 11.9. The van der Waals surface area contributed by atoms with Gasteiger partial charge in [-0.05, 0) is 50.3 Å². The zero-order valence-corrected chi connectivity index (χ0v) is 11.6. The molecule has 3 N–H and O–H groups in total. The van der Waals surface area contributed by atoms with Gasteiger partial charge in [0.1, 0.15) is 0 Å². The van der Waals surface area contributed by atoms with Gasteiger partial charge in [-0.15, -0.1) is 0 Å². The minimum Gasteiger partial charge on any atom is -0.385 e. The topological polar surface area (TPSA) is 38.0 Å². The third-order valence-corrected chi connectivity index (χ3v) is 2.70. The highest BCUT2D eigenvalue weighted by atomic mass is 14.9. The van der Waals surface area contributed by atoms with Crippen LogP contribution in [0.25, 0.3) is 0 Å². The Hall–Kier alpha value is -1.02. The summed E-state index contributed by atoms with van der Waals surface area (Å²) >= 11 is 0. The predicted octanol–water partition coefficient (Wildman–Crippen LogP) is 3.42. The van der Waals surface area contributed by atoms with E-state index in [-0.39, 0.29) is 5.54 Å². The molecule has 0 radical (unpaired) electrons. The Morgan fingerprint density at radius 2 is 1.76 bits per heavy atom. The van der Waals surface area contributed by atoms with E-state index in [9.17, 15) is 0 Å². The number of hydrogen-bond acceptors (Lipinski definition) is 2. The smallest absolute Gasteiger partial charge is 0.0340 e. The molecule has 0 amide bonds. The molecule has 0 bridgehead atoms. The van der Waals surface area contributed by atoms with E-state index in [2.05, 4.69) is 57.3 Å². The van der Waals surface area contributed by atoms with Crippen LogP contribution in [0.1, 0.15) is 39.7 Å². The molecule has 0 fully saturated rings. The summed E-state index contributed by atoms with van der Waals surface area (Å²) in [5.41, 5.74) is 8.44. The Labute approximate surface area is 106 Å². The molecule has 96 valence electrons. The van der Waals surface area contributed by atoms with E-state index >= 15 is 0 Å². The lowest BCUT2D eigenvalue weighted by atomic mass is 10.0. The fraction of sp³-hybridized carbons (Fsp3) is 0.600. The van der Waals surface area contributed by atoms with Crippen LogP contribution in [0.4, 0.5) is 5.69 Å². The Morgan fingerprint density at radius 3 is 2.24 bits per heavy atom. The highest BCUT2D eigenvalue weighted by Crippen LogP contribution is 2.13. The molecule has 0 aliphatic heterocycles. The van der Waals surface area contributed by atoms with Crippen molar-refractivity contribution in [1.82, 2.24) is 0 Å².